The van der Waals surface area contributed by atoms with Crippen LogP contribution in [0.15, 0.2) is 0 Å². The molecule has 45 heavy (non-hydrogen) atoms. The van der Waals surface area contributed by atoms with Crippen molar-refractivity contribution in [2.75, 3.05) is 46.4 Å². The lowest BCUT2D eigenvalue weighted by atomic mass is 9.77. The fourth-order valence-electron chi connectivity index (χ4n) is 6.03. The third-order valence-corrected chi connectivity index (χ3v) is 8.58. The fourth-order valence-corrected chi connectivity index (χ4v) is 6.03. The number of nitrogens with one attached hydrogen (secondary N) is 2. The summed E-state index contributed by atoms with van der Waals surface area (Å²) in [5, 5.41) is 90.1. The highest BCUT2D eigenvalue weighted by atomic mass is 16.7. The number of aliphatic hydroxyl groups is 7. The van der Waals surface area contributed by atoms with Crippen LogP contribution in [0.1, 0.15) is 19.8 Å². The molecule has 16 N–H and O–H groups in total. The minimum absolute atomic E-state index is 0.00660. The molecule has 264 valence electrons. The summed E-state index contributed by atoms with van der Waals surface area (Å²) in [6.07, 6.45) is -15.0. The van der Waals surface area contributed by atoms with Crippen LogP contribution in [0.5, 0.6) is 0 Å². The Morgan fingerprint density at radius 1 is 1.07 bits per heavy atom. The van der Waals surface area contributed by atoms with Gasteiger partial charge in [0.25, 0.3) is 0 Å². The summed E-state index contributed by atoms with van der Waals surface area (Å²) in [6, 6.07) is -2.46. The molecular formula is C26H52N6O13. The molecule has 0 bridgehead atoms. The van der Waals surface area contributed by atoms with Gasteiger partial charge in [-0.1, -0.05) is 0 Å². The van der Waals surface area contributed by atoms with E-state index in [4.69, 9.17) is 41.3 Å². The second-order valence-corrected chi connectivity index (χ2v) is 12.3. The number of nitrogens with two attached hydrogens (primary N) is 3. The van der Waals surface area contributed by atoms with Gasteiger partial charge in [0.1, 0.15) is 48.3 Å². The maximum atomic E-state index is 12.7. The molecule has 1 saturated carbocycles. The summed E-state index contributed by atoms with van der Waals surface area (Å²) in [5.74, 6) is -1.56. The number of likely N-dealkylation sites (N-methyl/N-ethyl adjacent to an activating group) is 1. The van der Waals surface area contributed by atoms with E-state index in [-0.39, 0.29) is 52.2 Å². The Hall–Kier alpha value is -1.21. The maximum absolute atomic E-state index is 12.7. The molecule has 1 amide bonds. The van der Waals surface area contributed by atoms with Crippen molar-refractivity contribution in [3.63, 3.8) is 0 Å². The molecule has 0 spiro atoms. The van der Waals surface area contributed by atoms with Crippen molar-refractivity contribution in [2.45, 2.75) is 105 Å². The standard InChI is InChI=1S/C26H52N6O13/c1-26(40)10-42-24(20(39)23(26)30-2)44-21-11(6-15(34)32(41)4-3-27)5-13(29)22(19(21)38)45-25-18(37)17(36)16(35)14(43-25)8-31-7-12(28)9-33/h11-14,16-25,30-31,33,35-41H,3-10,27-29H2,1-2H3/t11-,12?,13-,14+,16+,17-,18+,19+,20+,21-,22?,23+,24+,25+,26-/m0/s1. The van der Waals surface area contributed by atoms with Gasteiger partial charge in [-0.3, -0.25) is 10.0 Å². The molecule has 3 rings (SSSR count). The average Bonchev–Trinajstić information content (AvgIpc) is 2.98. The number of rotatable bonds is 14. The van der Waals surface area contributed by atoms with Crippen molar-refractivity contribution in [3.05, 3.63) is 0 Å². The fraction of sp³-hybridized carbons (Fsp3) is 0.962. The van der Waals surface area contributed by atoms with E-state index in [2.05, 4.69) is 10.6 Å². The highest BCUT2D eigenvalue weighted by molar-refractivity contribution is 5.75. The summed E-state index contributed by atoms with van der Waals surface area (Å²) in [4.78, 5) is 12.7. The van der Waals surface area contributed by atoms with Crippen LogP contribution in [0.2, 0.25) is 0 Å². The Labute approximate surface area is 261 Å². The van der Waals surface area contributed by atoms with E-state index in [0.29, 0.717) is 5.06 Å². The van der Waals surface area contributed by atoms with Gasteiger partial charge in [0.15, 0.2) is 12.6 Å². The zero-order valence-electron chi connectivity index (χ0n) is 25.5. The van der Waals surface area contributed by atoms with Gasteiger partial charge in [0.05, 0.1) is 31.9 Å². The van der Waals surface area contributed by atoms with Gasteiger partial charge in [0, 0.05) is 38.1 Å². The monoisotopic (exact) mass is 656 g/mol. The van der Waals surface area contributed by atoms with Gasteiger partial charge < -0.3 is 82.5 Å². The highest BCUT2D eigenvalue weighted by Gasteiger charge is 2.53. The van der Waals surface area contributed by atoms with Crippen LogP contribution in [0.25, 0.3) is 0 Å². The second-order valence-electron chi connectivity index (χ2n) is 12.3. The second kappa shape index (κ2) is 16.8. The zero-order chi connectivity index (χ0) is 33.6. The first-order chi connectivity index (χ1) is 21.2. The van der Waals surface area contributed by atoms with E-state index in [0.717, 1.165) is 0 Å². The molecule has 0 radical (unpaired) electrons. The van der Waals surface area contributed by atoms with Gasteiger partial charge in [-0.05, 0) is 26.3 Å². The Morgan fingerprint density at radius 3 is 2.36 bits per heavy atom. The number of carbonyl (C=O) groups excluding carboxylic acids is 1. The molecule has 0 aromatic carbocycles. The minimum atomic E-state index is -1.75. The summed E-state index contributed by atoms with van der Waals surface area (Å²) < 4.78 is 23.3. The molecule has 15 atom stereocenters. The first kappa shape index (κ1) is 38.2. The van der Waals surface area contributed by atoms with Crippen molar-refractivity contribution < 1.29 is 64.7 Å². The lowest BCUT2D eigenvalue weighted by molar-refractivity contribution is -0.333. The molecule has 0 aromatic heterocycles. The van der Waals surface area contributed by atoms with Crippen LogP contribution in [0.3, 0.4) is 0 Å². The number of hydrogen-bond donors (Lipinski definition) is 13. The average molecular weight is 657 g/mol. The third kappa shape index (κ3) is 9.24. The molecule has 2 aliphatic heterocycles. The first-order valence-electron chi connectivity index (χ1n) is 15.1. The Balaban J connectivity index is 1.81. The zero-order valence-corrected chi connectivity index (χ0v) is 25.5. The van der Waals surface area contributed by atoms with E-state index in [1.165, 1.54) is 14.0 Å². The topological polar surface area (TPSA) is 321 Å². The molecular weight excluding hydrogens is 604 g/mol. The summed E-state index contributed by atoms with van der Waals surface area (Å²) >= 11 is 0. The predicted molar refractivity (Wildman–Crippen MR) is 153 cm³/mol. The van der Waals surface area contributed by atoms with Crippen LogP contribution in [-0.4, -0.2) is 184 Å². The molecule has 2 saturated heterocycles. The lowest BCUT2D eigenvalue weighted by Crippen LogP contribution is -2.67. The number of aliphatic hydroxyl groups excluding tert-OH is 6. The smallest absolute Gasteiger partial charge is 0.246 e. The van der Waals surface area contributed by atoms with Gasteiger partial charge >= 0.3 is 0 Å². The quantitative estimate of drug-likeness (QED) is 0.0610. The van der Waals surface area contributed by atoms with Gasteiger partial charge in [-0.15, -0.1) is 0 Å². The van der Waals surface area contributed by atoms with E-state index < -0.39 is 97.0 Å². The van der Waals surface area contributed by atoms with Gasteiger partial charge in [0.2, 0.25) is 5.91 Å². The Kier molecular flexibility index (Phi) is 14.2. The number of amides is 1. The molecule has 1 aliphatic carbocycles. The summed E-state index contributed by atoms with van der Waals surface area (Å²) in [5.41, 5.74) is 16.0. The normalized spacial score (nSPS) is 43.2. The molecule has 19 heteroatoms. The Bertz CT molecular complexity index is 927. The molecule has 3 fully saturated rings. The summed E-state index contributed by atoms with van der Waals surface area (Å²) in [6.45, 7) is 0.901. The highest BCUT2D eigenvalue weighted by Crippen LogP contribution is 2.36. The van der Waals surface area contributed by atoms with E-state index in [1.54, 1.807) is 0 Å². The minimum Gasteiger partial charge on any atom is -0.395 e. The summed E-state index contributed by atoms with van der Waals surface area (Å²) in [7, 11) is 1.53. The van der Waals surface area contributed by atoms with Crippen molar-refractivity contribution in [1.29, 1.82) is 0 Å². The van der Waals surface area contributed by atoms with Crippen LogP contribution in [0.4, 0.5) is 0 Å². The van der Waals surface area contributed by atoms with E-state index in [9.17, 15) is 40.6 Å². The Morgan fingerprint density at radius 2 is 1.73 bits per heavy atom. The molecule has 3 aliphatic rings. The molecule has 0 aromatic rings. The van der Waals surface area contributed by atoms with Gasteiger partial charge in [-0.25, -0.2) is 5.06 Å². The van der Waals surface area contributed by atoms with Crippen LogP contribution in [0, 0.1) is 5.92 Å². The van der Waals surface area contributed by atoms with Crippen LogP contribution < -0.4 is 27.8 Å². The van der Waals surface area contributed by atoms with Gasteiger partial charge in [-0.2, -0.15) is 0 Å². The number of hydrogen-bond acceptors (Lipinski definition) is 18. The number of carbonyl (C=O) groups is 1. The lowest BCUT2D eigenvalue weighted by Gasteiger charge is -2.49. The van der Waals surface area contributed by atoms with Crippen molar-refractivity contribution in [1.82, 2.24) is 15.7 Å². The predicted octanol–water partition coefficient (Wildman–Crippen LogP) is -7.20. The third-order valence-electron chi connectivity index (χ3n) is 8.58. The maximum Gasteiger partial charge on any atom is 0.246 e. The molecule has 2 heterocycles. The van der Waals surface area contributed by atoms with E-state index >= 15 is 0 Å². The van der Waals surface area contributed by atoms with Crippen LogP contribution in [-0.2, 0) is 23.7 Å². The number of hydroxylamine groups is 2. The molecule has 19 nitrogen and oxygen atoms in total. The first-order valence-corrected chi connectivity index (χ1v) is 15.1. The van der Waals surface area contributed by atoms with Crippen molar-refractivity contribution >= 4 is 5.91 Å². The SMILES string of the molecule is CN[C@@H]1[C@@H](O)[C@@H](O[C@H]2[C@H](CC(=O)N(O)CCN)C[C@H](N)C(O[C@H]3O[C@H](CNCC(N)CO)[C@@H](O)[C@H](O)[C@H]3O)[C@@H]2O)OC[C@]1(C)O. The molecule has 2 unspecified atom stereocenters. The van der Waals surface area contributed by atoms with Crippen molar-refractivity contribution in [3.8, 4) is 0 Å². The largest absolute Gasteiger partial charge is 0.395 e. The number of ether oxygens (including phenoxy) is 4. The van der Waals surface area contributed by atoms with Crippen LogP contribution >= 0.6 is 0 Å². The van der Waals surface area contributed by atoms with Crippen molar-refractivity contribution in [2.24, 2.45) is 23.1 Å². The van der Waals surface area contributed by atoms with E-state index in [1.807, 2.05) is 0 Å². The number of nitrogens with zero attached hydrogens (tertiary/aromatic N) is 1.